The lowest BCUT2D eigenvalue weighted by atomic mass is 10.1. The highest BCUT2D eigenvalue weighted by Gasteiger charge is 2.02. The van der Waals surface area contributed by atoms with Gasteiger partial charge in [-0.05, 0) is 35.6 Å². The first-order chi connectivity index (χ1) is 7.31. The molecule has 0 amide bonds. The second-order valence-corrected chi connectivity index (χ2v) is 4.19. The summed E-state index contributed by atoms with van der Waals surface area (Å²) in [4.78, 5) is 1.22. The lowest BCUT2D eigenvalue weighted by molar-refractivity contribution is 0.319. The molecular weight excluding hydrogens is 206 g/mol. The highest BCUT2D eigenvalue weighted by atomic mass is 32.1. The van der Waals surface area contributed by atoms with Gasteiger partial charge in [0.25, 0.3) is 0 Å². The molecule has 0 aliphatic heterocycles. The smallest absolute Gasteiger partial charge is 0.0837 e. The molecule has 0 atom stereocenters. The minimum Gasteiger partial charge on any atom is -0.411 e. The minimum atomic E-state index is 0.633. The van der Waals surface area contributed by atoms with E-state index in [1.807, 2.05) is 24.3 Å². The van der Waals surface area contributed by atoms with Crippen LogP contribution in [0.1, 0.15) is 12.5 Å². The number of oxime groups is 1. The number of nitrogens with zero attached hydrogens (tertiary/aromatic N) is 1. The minimum absolute atomic E-state index is 0.633. The Balaban J connectivity index is 2.44. The van der Waals surface area contributed by atoms with E-state index >= 15 is 0 Å². The zero-order valence-corrected chi connectivity index (χ0v) is 9.16. The third-order valence-electron chi connectivity index (χ3n) is 2.24. The van der Waals surface area contributed by atoms with Gasteiger partial charge in [0, 0.05) is 4.88 Å². The molecule has 0 bridgehead atoms. The van der Waals surface area contributed by atoms with Gasteiger partial charge in [0.05, 0.1) is 5.71 Å². The molecule has 2 rings (SSSR count). The van der Waals surface area contributed by atoms with Crippen LogP contribution in [-0.2, 0) is 0 Å². The van der Waals surface area contributed by atoms with Crippen LogP contribution in [0.25, 0.3) is 10.4 Å². The summed E-state index contributed by atoms with van der Waals surface area (Å²) in [7, 11) is 0. The molecule has 0 radical (unpaired) electrons. The van der Waals surface area contributed by atoms with Crippen LogP contribution in [-0.4, -0.2) is 10.9 Å². The summed E-state index contributed by atoms with van der Waals surface area (Å²) in [6, 6.07) is 12.1. The predicted molar refractivity (Wildman–Crippen MR) is 63.8 cm³/mol. The van der Waals surface area contributed by atoms with Crippen LogP contribution >= 0.6 is 11.3 Å². The van der Waals surface area contributed by atoms with Crippen molar-refractivity contribution in [2.75, 3.05) is 0 Å². The largest absolute Gasteiger partial charge is 0.411 e. The second kappa shape index (κ2) is 4.28. The van der Waals surface area contributed by atoms with Gasteiger partial charge in [-0.25, -0.2) is 0 Å². The SMILES string of the molecule is CC(=NO)c1cccc(-c2cccs2)c1. The number of benzene rings is 1. The van der Waals surface area contributed by atoms with Crippen molar-refractivity contribution in [3.8, 4) is 10.4 Å². The van der Waals surface area contributed by atoms with Gasteiger partial charge in [-0.15, -0.1) is 11.3 Å². The van der Waals surface area contributed by atoms with Gasteiger partial charge in [0.15, 0.2) is 0 Å². The van der Waals surface area contributed by atoms with Gasteiger partial charge in [-0.3, -0.25) is 0 Å². The Kier molecular flexibility index (Phi) is 2.83. The zero-order valence-electron chi connectivity index (χ0n) is 8.34. The molecule has 1 heterocycles. The van der Waals surface area contributed by atoms with E-state index in [0.29, 0.717) is 5.71 Å². The number of rotatable bonds is 2. The average molecular weight is 217 g/mol. The van der Waals surface area contributed by atoms with E-state index in [1.165, 1.54) is 4.88 Å². The van der Waals surface area contributed by atoms with Crippen molar-refractivity contribution in [1.29, 1.82) is 0 Å². The van der Waals surface area contributed by atoms with Crippen molar-refractivity contribution in [3.63, 3.8) is 0 Å². The maximum atomic E-state index is 8.70. The monoisotopic (exact) mass is 217 g/mol. The molecule has 0 aliphatic rings. The molecule has 0 aliphatic carbocycles. The van der Waals surface area contributed by atoms with Gasteiger partial charge in [0.2, 0.25) is 0 Å². The molecule has 1 N–H and O–H groups in total. The Morgan fingerprint density at radius 1 is 1.27 bits per heavy atom. The molecule has 0 saturated carbocycles. The van der Waals surface area contributed by atoms with Crippen molar-refractivity contribution < 1.29 is 5.21 Å². The fraction of sp³-hybridized carbons (Fsp3) is 0.0833. The first kappa shape index (κ1) is 9.93. The van der Waals surface area contributed by atoms with Crippen molar-refractivity contribution in [3.05, 3.63) is 47.3 Å². The summed E-state index contributed by atoms with van der Waals surface area (Å²) >= 11 is 1.70. The van der Waals surface area contributed by atoms with Crippen LogP contribution in [0.4, 0.5) is 0 Å². The molecular formula is C12H11NOS. The third-order valence-corrected chi connectivity index (χ3v) is 3.15. The van der Waals surface area contributed by atoms with E-state index in [4.69, 9.17) is 5.21 Å². The highest BCUT2D eigenvalue weighted by molar-refractivity contribution is 7.13. The van der Waals surface area contributed by atoms with Crippen LogP contribution in [0.3, 0.4) is 0 Å². The van der Waals surface area contributed by atoms with Crippen LogP contribution in [0.2, 0.25) is 0 Å². The summed E-state index contributed by atoms with van der Waals surface area (Å²) in [5.74, 6) is 0. The standard InChI is InChI=1S/C12H11NOS/c1-9(13-14)10-4-2-5-11(8-10)12-6-3-7-15-12/h2-8,14H,1H3. The maximum Gasteiger partial charge on any atom is 0.0837 e. The summed E-state index contributed by atoms with van der Waals surface area (Å²) in [5, 5.41) is 14.0. The van der Waals surface area contributed by atoms with Gasteiger partial charge in [-0.2, -0.15) is 0 Å². The maximum absolute atomic E-state index is 8.70. The van der Waals surface area contributed by atoms with Crippen LogP contribution < -0.4 is 0 Å². The summed E-state index contributed by atoms with van der Waals surface area (Å²) < 4.78 is 0. The molecule has 0 saturated heterocycles. The van der Waals surface area contributed by atoms with Crippen molar-refractivity contribution >= 4 is 17.0 Å². The Hall–Kier alpha value is -1.61. The molecule has 0 fully saturated rings. The Morgan fingerprint density at radius 2 is 2.13 bits per heavy atom. The first-order valence-electron chi connectivity index (χ1n) is 4.64. The van der Waals surface area contributed by atoms with Crippen LogP contribution in [0.15, 0.2) is 46.9 Å². The zero-order chi connectivity index (χ0) is 10.7. The second-order valence-electron chi connectivity index (χ2n) is 3.24. The fourth-order valence-electron chi connectivity index (χ4n) is 1.40. The van der Waals surface area contributed by atoms with Gasteiger partial charge in [-0.1, -0.05) is 29.4 Å². The average Bonchev–Trinajstić information content (AvgIpc) is 2.82. The predicted octanol–water partition coefficient (Wildman–Crippen LogP) is 3.61. The molecule has 0 unspecified atom stereocenters. The third kappa shape index (κ3) is 2.07. The topological polar surface area (TPSA) is 32.6 Å². The Labute approximate surface area is 92.5 Å². The van der Waals surface area contributed by atoms with E-state index in [2.05, 4.69) is 22.7 Å². The van der Waals surface area contributed by atoms with E-state index in [-0.39, 0.29) is 0 Å². The van der Waals surface area contributed by atoms with E-state index in [0.717, 1.165) is 11.1 Å². The van der Waals surface area contributed by atoms with Gasteiger partial charge >= 0.3 is 0 Å². The molecule has 2 aromatic rings. The quantitative estimate of drug-likeness (QED) is 0.465. The van der Waals surface area contributed by atoms with E-state index < -0.39 is 0 Å². The van der Waals surface area contributed by atoms with E-state index in [1.54, 1.807) is 18.3 Å². The summed E-state index contributed by atoms with van der Waals surface area (Å²) in [5.41, 5.74) is 2.74. The van der Waals surface area contributed by atoms with Crippen molar-refractivity contribution in [2.24, 2.45) is 5.16 Å². The summed E-state index contributed by atoms with van der Waals surface area (Å²) in [6.07, 6.45) is 0. The molecule has 76 valence electrons. The molecule has 0 spiro atoms. The lowest BCUT2D eigenvalue weighted by Crippen LogP contribution is -1.93. The first-order valence-corrected chi connectivity index (χ1v) is 5.52. The van der Waals surface area contributed by atoms with Gasteiger partial charge in [0.1, 0.15) is 0 Å². The Bertz CT molecular complexity index is 474. The van der Waals surface area contributed by atoms with Crippen LogP contribution in [0.5, 0.6) is 0 Å². The van der Waals surface area contributed by atoms with Crippen LogP contribution in [0, 0.1) is 0 Å². The molecule has 1 aromatic carbocycles. The number of hydrogen-bond donors (Lipinski definition) is 1. The molecule has 15 heavy (non-hydrogen) atoms. The number of thiophene rings is 1. The van der Waals surface area contributed by atoms with Crippen molar-refractivity contribution in [1.82, 2.24) is 0 Å². The molecule has 2 nitrogen and oxygen atoms in total. The molecule has 3 heteroatoms. The van der Waals surface area contributed by atoms with Gasteiger partial charge < -0.3 is 5.21 Å². The lowest BCUT2D eigenvalue weighted by Gasteiger charge is -2.01. The Morgan fingerprint density at radius 3 is 2.80 bits per heavy atom. The summed E-state index contributed by atoms with van der Waals surface area (Å²) in [6.45, 7) is 1.79. The molecule has 1 aromatic heterocycles. The fourth-order valence-corrected chi connectivity index (χ4v) is 2.12. The number of hydrogen-bond acceptors (Lipinski definition) is 3. The van der Waals surface area contributed by atoms with Crippen molar-refractivity contribution in [2.45, 2.75) is 6.92 Å². The highest BCUT2D eigenvalue weighted by Crippen LogP contribution is 2.25. The van der Waals surface area contributed by atoms with E-state index in [9.17, 15) is 0 Å². The normalized spacial score (nSPS) is 11.7.